The molecule has 0 amide bonds. The fourth-order valence-corrected chi connectivity index (χ4v) is 1.35. The van der Waals surface area contributed by atoms with E-state index in [4.69, 9.17) is 4.74 Å². The second kappa shape index (κ2) is 4.63. The van der Waals surface area contributed by atoms with Crippen LogP contribution in [0.2, 0.25) is 0 Å². The number of halogens is 4. The van der Waals surface area contributed by atoms with Crippen molar-refractivity contribution in [2.75, 3.05) is 7.11 Å². The molecule has 0 bridgehead atoms. The Hall–Kier alpha value is -0.780. The quantitative estimate of drug-likeness (QED) is 0.787. The van der Waals surface area contributed by atoms with Crippen molar-refractivity contribution >= 4 is 15.9 Å². The highest BCUT2D eigenvalue weighted by molar-refractivity contribution is 9.08. The largest absolute Gasteiger partial charge is 0.495 e. The summed E-state index contributed by atoms with van der Waals surface area (Å²) >= 11 is 3.05. The van der Waals surface area contributed by atoms with Crippen LogP contribution >= 0.6 is 15.9 Å². The van der Waals surface area contributed by atoms with Gasteiger partial charge in [-0.05, 0) is 0 Å². The van der Waals surface area contributed by atoms with Gasteiger partial charge in [-0.2, -0.15) is 0 Å². The lowest BCUT2D eigenvalue weighted by Crippen LogP contribution is -2.02. The number of aromatic nitrogens is 1. The number of pyridine rings is 1. The predicted molar refractivity (Wildman–Crippen MR) is 48.3 cm³/mol. The van der Waals surface area contributed by atoms with Crippen molar-refractivity contribution in [3.8, 4) is 5.75 Å². The van der Waals surface area contributed by atoms with E-state index in [1.54, 1.807) is 0 Å². The van der Waals surface area contributed by atoms with Crippen LogP contribution in [0, 0.1) is 5.82 Å². The summed E-state index contributed by atoms with van der Waals surface area (Å²) < 4.78 is 42.2. The second-order valence-electron chi connectivity index (χ2n) is 2.44. The first-order chi connectivity index (χ1) is 6.60. The van der Waals surface area contributed by atoms with Gasteiger partial charge in [-0.1, -0.05) is 15.9 Å². The molecule has 78 valence electrons. The third-order valence-electron chi connectivity index (χ3n) is 1.60. The topological polar surface area (TPSA) is 22.1 Å². The molecule has 1 heterocycles. The van der Waals surface area contributed by atoms with Gasteiger partial charge in [-0.15, -0.1) is 0 Å². The van der Waals surface area contributed by atoms with E-state index in [9.17, 15) is 13.2 Å². The Morgan fingerprint density at radius 2 is 2.21 bits per heavy atom. The molecule has 2 nitrogen and oxygen atoms in total. The van der Waals surface area contributed by atoms with Crippen molar-refractivity contribution in [2.24, 2.45) is 0 Å². The van der Waals surface area contributed by atoms with E-state index in [-0.39, 0.29) is 16.8 Å². The molecule has 1 aromatic rings. The fourth-order valence-electron chi connectivity index (χ4n) is 0.952. The molecule has 0 aromatic carbocycles. The van der Waals surface area contributed by atoms with Crippen LogP contribution in [0.3, 0.4) is 0 Å². The summed E-state index contributed by atoms with van der Waals surface area (Å²) in [5.41, 5.74) is -0.593. The van der Waals surface area contributed by atoms with Gasteiger partial charge in [0.15, 0.2) is 5.82 Å². The molecule has 0 unspecified atom stereocenters. The van der Waals surface area contributed by atoms with Crippen LogP contribution in [0.5, 0.6) is 5.75 Å². The molecule has 0 aliphatic heterocycles. The number of hydrogen-bond donors (Lipinski definition) is 0. The standard InChI is InChI=1S/C8H7BrF3NO/c1-14-6-2-4(10)7(8(11)12)13-5(6)3-9/h2,8H,3H2,1H3. The molecular weight excluding hydrogens is 263 g/mol. The first-order valence-electron chi connectivity index (χ1n) is 3.67. The van der Waals surface area contributed by atoms with Crippen molar-refractivity contribution in [3.63, 3.8) is 0 Å². The summed E-state index contributed by atoms with van der Waals surface area (Å²) in [5, 5.41) is 0.232. The molecular formula is C8H7BrF3NO. The molecule has 6 heteroatoms. The lowest BCUT2D eigenvalue weighted by atomic mass is 10.3. The Kier molecular flexibility index (Phi) is 3.74. The minimum Gasteiger partial charge on any atom is -0.495 e. The van der Waals surface area contributed by atoms with Gasteiger partial charge < -0.3 is 4.74 Å². The molecule has 14 heavy (non-hydrogen) atoms. The Balaban J connectivity index is 3.23. The van der Waals surface area contributed by atoms with Gasteiger partial charge >= 0.3 is 0 Å². The van der Waals surface area contributed by atoms with Crippen molar-refractivity contribution in [2.45, 2.75) is 11.8 Å². The molecule has 0 aliphatic carbocycles. The number of methoxy groups -OCH3 is 1. The molecule has 0 radical (unpaired) electrons. The van der Waals surface area contributed by atoms with Gasteiger partial charge in [0.25, 0.3) is 6.43 Å². The maximum atomic E-state index is 13.0. The van der Waals surface area contributed by atoms with Crippen molar-refractivity contribution in [3.05, 3.63) is 23.3 Å². The van der Waals surface area contributed by atoms with Gasteiger partial charge in [0.2, 0.25) is 0 Å². The molecule has 1 rings (SSSR count). The average Bonchev–Trinajstić information content (AvgIpc) is 2.16. The first kappa shape index (κ1) is 11.3. The molecule has 0 fully saturated rings. The van der Waals surface area contributed by atoms with Crippen LogP contribution in [0.25, 0.3) is 0 Å². The van der Waals surface area contributed by atoms with Gasteiger partial charge in [-0.3, -0.25) is 0 Å². The van der Waals surface area contributed by atoms with Crippen LogP contribution in [-0.4, -0.2) is 12.1 Å². The SMILES string of the molecule is COc1cc(F)c(C(F)F)nc1CBr. The summed E-state index contributed by atoms with van der Waals surface area (Å²) in [5.74, 6) is -0.898. The Bertz CT molecular complexity index is 333. The highest BCUT2D eigenvalue weighted by Gasteiger charge is 2.18. The van der Waals surface area contributed by atoms with Gasteiger partial charge in [0, 0.05) is 11.4 Å². The molecule has 0 N–H and O–H groups in total. The van der Waals surface area contributed by atoms with Crippen LogP contribution in [0.4, 0.5) is 13.2 Å². The molecule has 0 atom stereocenters. The first-order valence-corrected chi connectivity index (χ1v) is 4.79. The normalized spacial score (nSPS) is 10.7. The molecule has 0 aliphatic rings. The minimum atomic E-state index is -2.92. The van der Waals surface area contributed by atoms with Crippen LogP contribution in [0.1, 0.15) is 17.8 Å². The Labute approximate surface area is 87.2 Å². The van der Waals surface area contributed by atoms with Crippen molar-refractivity contribution < 1.29 is 17.9 Å². The summed E-state index contributed by atoms with van der Waals surface area (Å²) in [7, 11) is 1.32. The molecule has 0 saturated carbocycles. The monoisotopic (exact) mass is 269 g/mol. The summed E-state index contributed by atoms with van der Waals surface area (Å²) in [4.78, 5) is 3.46. The van der Waals surface area contributed by atoms with E-state index < -0.39 is 17.9 Å². The lowest BCUT2D eigenvalue weighted by molar-refractivity contribution is 0.140. The zero-order valence-corrected chi connectivity index (χ0v) is 8.82. The number of hydrogen-bond acceptors (Lipinski definition) is 2. The van der Waals surface area contributed by atoms with Gasteiger partial charge in [-0.25, -0.2) is 18.2 Å². The number of nitrogens with zero attached hydrogens (tertiary/aromatic N) is 1. The van der Waals surface area contributed by atoms with Gasteiger partial charge in [0.1, 0.15) is 11.4 Å². The van der Waals surface area contributed by atoms with Crippen LogP contribution in [0.15, 0.2) is 6.07 Å². The maximum absolute atomic E-state index is 13.0. The molecule has 0 spiro atoms. The minimum absolute atomic E-state index is 0.156. The predicted octanol–water partition coefficient (Wildman–Crippen LogP) is 3.06. The third kappa shape index (κ3) is 2.17. The van der Waals surface area contributed by atoms with E-state index >= 15 is 0 Å². The summed E-state index contributed by atoms with van der Waals surface area (Å²) in [6.45, 7) is 0. The smallest absolute Gasteiger partial charge is 0.283 e. The van der Waals surface area contributed by atoms with E-state index in [1.165, 1.54) is 7.11 Å². The van der Waals surface area contributed by atoms with Crippen molar-refractivity contribution in [1.29, 1.82) is 0 Å². The van der Waals surface area contributed by atoms with E-state index in [0.717, 1.165) is 6.07 Å². The summed E-state index contributed by atoms with van der Waals surface area (Å²) in [6.07, 6.45) is -2.92. The fraction of sp³-hybridized carbons (Fsp3) is 0.375. The number of rotatable bonds is 3. The third-order valence-corrected chi connectivity index (χ3v) is 2.13. The lowest BCUT2D eigenvalue weighted by Gasteiger charge is -2.08. The maximum Gasteiger partial charge on any atom is 0.283 e. The van der Waals surface area contributed by atoms with E-state index in [1.807, 2.05) is 0 Å². The summed E-state index contributed by atoms with van der Waals surface area (Å²) in [6, 6.07) is 0.908. The van der Waals surface area contributed by atoms with E-state index in [0.29, 0.717) is 0 Å². The highest BCUT2D eigenvalue weighted by atomic mass is 79.9. The second-order valence-corrected chi connectivity index (χ2v) is 3.00. The number of alkyl halides is 3. The molecule has 0 saturated heterocycles. The Morgan fingerprint density at radius 3 is 2.64 bits per heavy atom. The van der Waals surface area contributed by atoms with E-state index in [2.05, 4.69) is 20.9 Å². The Morgan fingerprint density at radius 1 is 1.57 bits per heavy atom. The number of ether oxygens (including phenoxy) is 1. The van der Waals surface area contributed by atoms with Crippen LogP contribution < -0.4 is 4.74 Å². The zero-order valence-electron chi connectivity index (χ0n) is 7.23. The zero-order chi connectivity index (χ0) is 10.7. The van der Waals surface area contributed by atoms with Crippen LogP contribution in [-0.2, 0) is 5.33 Å². The highest BCUT2D eigenvalue weighted by Crippen LogP contribution is 2.26. The van der Waals surface area contributed by atoms with Gasteiger partial charge in [0.05, 0.1) is 12.8 Å². The average molecular weight is 270 g/mol. The molecule has 1 aromatic heterocycles. The van der Waals surface area contributed by atoms with Crippen molar-refractivity contribution in [1.82, 2.24) is 4.98 Å².